The Kier molecular flexibility index (Phi) is 4.66. The van der Waals surface area contributed by atoms with Crippen LogP contribution >= 0.6 is 11.8 Å². The van der Waals surface area contributed by atoms with Crippen LogP contribution in [-0.4, -0.2) is 22.1 Å². The highest BCUT2D eigenvalue weighted by molar-refractivity contribution is 7.99. The van der Waals surface area contributed by atoms with E-state index < -0.39 is 0 Å². The summed E-state index contributed by atoms with van der Waals surface area (Å²) in [5, 5.41) is 4.12. The molecule has 0 amide bonds. The zero-order valence-corrected chi connectivity index (χ0v) is 11.2. The molecule has 96 valence electrons. The number of aromatic nitrogens is 2. The third kappa shape index (κ3) is 3.78. The van der Waals surface area contributed by atoms with Gasteiger partial charge in [-0.25, -0.2) is 0 Å². The maximum Gasteiger partial charge on any atom is 0.119 e. The first kappa shape index (κ1) is 13.0. The topological polar surface area (TPSA) is 53.1 Å². The van der Waals surface area contributed by atoms with E-state index in [-0.39, 0.29) is 0 Å². The number of hydrogen-bond acceptors (Lipinski definition) is 4. The molecule has 0 saturated carbocycles. The van der Waals surface area contributed by atoms with Gasteiger partial charge in [-0.15, -0.1) is 11.8 Å². The number of nitrogens with two attached hydrogens (primary N) is 1. The number of thioether (sulfide) groups is 1. The van der Waals surface area contributed by atoms with Gasteiger partial charge in [-0.05, 0) is 17.7 Å². The van der Waals surface area contributed by atoms with Crippen LogP contribution in [0.25, 0.3) is 0 Å². The van der Waals surface area contributed by atoms with E-state index in [9.17, 15) is 0 Å². The molecule has 0 saturated heterocycles. The Hall–Kier alpha value is -1.46. The average molecular weight is 263 g/mol. The lowest BCUT2D eigenvalue weighted by atomic mass is 10.2. The van der Waals surface area contributed by atoms with Crippen LogP contribution in [0, 0.1) is 0 Å². The highest BCUT2D eigenvalue weighted by atomic mass is 32.2. The molecule has 0 fully saturated rings. The molecule has 0 unspecified atom stereocenters. The fourth-order valence-corrected chi connectivity index (χ4v) is 2.27. The van der Waals surface area contributed by atoms with Gasteiger partial charge in [-0.3, -0.25) is 4.68 Å². The highest BCUT2D eigenvalue weighted by Crippen LogP contribution is 2.17. The molecule has 1 aromatic carbocycles. The van der Waals surface area contributed by atoms with Gasteiger partial charge in [0.2, 0.25) is 0 Å². The number of hydrogen-bond donors (Lipinski definition) is 1. The van der Waals surface area contributed by atoms with Gasteiger partial charge in [0, 0.05) is 30.4 Å². The second-order valence-corrected chi connectivity index (χ2v) is 5.06. The molecule has 1 heterocycles. The summed E-state index contributed by atoms with van der Waals surface area (Å²) in [7, 11) is 1.92. The number of aryl methyl sites for hydroxylation is 1. The number of benzene rings is 1. The van der Waals surface area contributed by atoms with Crippen LogP contribution < -0.4 is 10.5 Å². The molecule has 0 radical (unpaired) electrons. The highest BCUT2D eigenvalue weighted by Gasteiger charge is 1.98. The first-order valence-corrected chi connectivity index (χ1v) is 6.80. The molecule has 18 heavy (non-hydrogen) atoms. The molecule has 0 aliphatic heterocycles. The Morgan fingerprint density at radius 1 is 1.33 bits per heavy atom. The smallest absolute Gasteiger partial charge is 0.119 e. The predicted octanol–water partition coefficient (Wildman–Crippen LogP) is 2.05. The summed E-state index contributed by atoms with van der Waals surface area (Å²) >= 11 is 1.74. The minimum atomic E-state index is 0.567. The van der Waals surface area contributed by atoms with Crippen molar-refractivity contribution >= 4 is 11.8 Å². The van der Waals surface area contributed by atoms with Gasteiger partial charge < -0.3 is 10.5 Å². The van der Waals surface area contributed by atoms with Gasteiger partial charge in [0.1, 0.15) is 5.75 Å². The fourth-order valence-electron chi connectivity index (χ4n) is 1.51. The van der Waals surface area contributed by atoms with Crippen LogP contribution in [0.2, 0.25) is 0 Å². The summed E-state index contributed by atoms with van der Waals surface area (Å²) in [5.74, 6) is 1.80. The maximum absolute atomic E-state index is 5.65. The lowest BCUT2D eigenvalue weighted by Gasteiger charge is -2.05. The molecule has 2 aromatic rings. The van der Waals surface area contributed by atoms with E-state index in [1.807, 2.05) is 43.7 Å². The largest absolute Gasteiger partial charge is 0.493 e. The quantitative estimate of drug-likeness (QED) is 0.640. The molecule has 2 rings (SSSR count). The van der Waals surface area contributed by atoms with Gasteiger partial charge in [0.15, 0.2) is 0 Å². The van der Waals surface area contributed by atoms with Crippen LogP contribution in [0.4, 0.5) is 0 Å². The molecule has 4 nitrogen and oxygen atoms in total. The van der Waals surface area contributed by atoms with Gasteiger partial charge in [0.25, 0.3) is 0 Å². The molecular formula is C13H17N3OS. The van der Waals surface area contributed by atoms with E-state index in [0.29, 0.717) is 13.2 Å². The Morgan fingerprint density at radius 2 is 2.11 bits per heavy atom. The van der Waals surface area contributed by atoms with Crippen LogP contribution in [0.15, 0.2) is 41.6 Å². The summed E-state index contributed by atoms with van der Waals surface area (Å²) in [6, 6.07) is 7.89. The molecule has 0 aliphatic carbocycles. The first-order valence-electron chi connectivity index (χ1n) is 5.81. The van der Waals surface area contributed by atoms with Crippen molar-refractivity contribution in [3.8, 4) is 5.75 Å². The average Bonchev–Trinajstić information content (AvgIpc) is 2.81. The van der Waals surface area contributed by atoms with Gasteiger partial charge >= 0.3 is 0 Å². The Balaban J connectivity index is 1.71. The minimum Gasteiger partial charge on any atom is -0.493 e. The second-order valence-electron chi connectivity index (χ2n) is 3.89. The molecule has 2 N–H and O–H groups in total. The lowest BCUT2D eigenvalue weighted by molar-refractivity contribution is 0.344. The van der Waals surface area contributed by atoms with E-state index in [2.05, 4.69) is 5.10 Å². The van der Waals surface area contributed by atoms with Crippen molar-refractivity contribution in [1.29, 1.82) is 0 Å². The summed E-state index contributed by atoms with van der Waals surface area (Å²) in [6.07, 6.45) is 3.86. The van der Waals surface area contributed by atoms with Crippen LogP contribution in [0.5, 0.6) is 5.75 Å². The van der Waals surface area contributed by atoms with Crippen molar-refractivity contribution in [2.45, 2.75) is 11.4 Å². The monoisotopic (exact) mass is 263 g/mol. The standard InChI is InChI=1S/C13H17N3OS/c1-16-10-13(9-15-16)18-7-6-17-12-4-2-11(8-14)3-5-12/h2-5,9-10H,6-8,14H2,1H3. The second kappa shape index (κ2) is 6.47. The Morgan fingerprint density at radius 3 is 2.72 bits per heavy atom. The lowest BCUT2D eigenvalue weighted by Crippen LogP contribution is -2.00. The molecule has 1 aromatic heterocycles. The third-order valence-electron chi connectivity index (χ3n) is 2.46. The first-order chi connectivity index (χ1) is 8.78. The van der Waals surface area contributed by atoms with Gasteiger partial charge in [-0.2, -0.15) is 5.10 Å². The summed E-state index contributed by atoms with van der Waals surface area (Å²) in [5.41, 5.74) is 6.65. The van der Waals surface area contributed by atoms with Crippen molar-refractivity contribution < 1.29 is 4.74 Å². The van der Waals surface area contributed by atoms with E-state index in [4.69, 9.17) is 10.5 Å². The van der Waals surface area contributed by atoms with Crippen LogP contribution in [-0.2, 0) is 13.6 Å². The zero-order chi connectivity index (χ0) is 12.8. The molecule has 0 aliphatic rings. The fraction of sp³-hybridized carbons (Fsp3) is 0.308. The number of ether oxygens (including phenoxy) is 1. The van der Waals surface area contributed by atoms with Crippen molar-refractivity contribution in [2.75, 3.05) is 12.4 Å². The van der Waals surface area contributed by atoms with Crippen molar-refractivity contribution in [1.82, 2.24) is 9.78 Å². The molecule has 0 bridgehead atoms. The number of nitrogens with zero attached hydrogens (tertiary/aromatic N) is 2. The van der Waals surface area contributed by atoms with Gasteiger partial charge in [-0.1, -0.05) is 12.1 Å². The van der Waals surface area contributed by atoms with Crippen LogP contribution in [0.3, 0.4) is 0 Å². The van der Waals surface area contributed by atoms with E-state index >= 15 is 0 Å². The SMILES string of the molecule is Cn1cc(SCCOc2ccc(CN)cc2)cn1. The third-order valence-corrected chi connectivity index (χ3v) is 3.38. The minimum absolute atomic E-state index is 0.567. The maximum atomic E-state index is 5.65. The predicted molar refractivity (Wildman–Crippen MR) is 73.8 cm³/mol. The summed E-state index contributed by atoms with van der Waals surface area (Å²) in [6.45, 7) is 1.25. The Bertz CT molecular complexity index is 481. The van der Waals surface area contributed by atoms with Crippen LogP contribution in [0.1, 0.15) is 5.56 Å². The van der Waals surface area contributed by atoms with E-state index in [1.54, 1.807) is 16.4 Å². The number of rotatable bonds is 6. The zero-order valence-electron chi connectivity index (χ0n) is 10.4. The summed E-state index contributed by atoms with van der Waals surface area (Å²) < 4.78 is 7.45. The van der Waals surface area contributed by atoms with Crippen molar-refractivity contribution in [3.05, 3.63) is 42.2 Å². The normalized spacial score (nSPS) is 10.6. The van der Waals surface area contributed by atoms with Crippen molar-refractivity contribution in [2.24, 2.45) is 12.8 Å². The van der Waals surface area contributed by atoms with Crippen molar-refractivity contribution in [3.63, 3.8) is 0 Å². The summed E-state index contributed by atoms with van der Waals surface area (Å²) in [4.78, 5) is 1.17. The Labute approximate surface area is 111 Å². The molecule has 0 spiro atoms. The van der Waals surface area contributed by atoms with Gasteiger partial charge in [0.05, 0.1) is 12.8 Å². The van der Waals surface area contributed by atoms with E-state index in [1.165, 1.54) is 4.90 Å². The molecule has 0 atom stereocenters. The molecule has 5 heteroatoms. The molecular weight excluding hydrogens is 246 g/mol. The van der Waals surface area contributed by atoms with E-state index in [0.717, 1.165) is 17.1 Å².